The third kappa shape index (κ3) is 4.65. The van der Waals surface area contributed by atoms with Crippen LogP contribution in [-0.2, 0) is 0 Å². The molecule has 11 aromatic rings. The molecule has 3 aromatic heterocycles. The van der Waals surface area contributed by atoms with Gasteiger partial charge in [0.15, 0.2) is 0 Å². The van der Waals surface area contributed by atoms with E-state index in [2.05, 4.69) is 181 Å². The molecule has 0 aliphatic carbocycles. The van der Waals surface area contributed by atoms with Gasteiger partial charge in [-0.15, -0.1) is 34.0 Å². The standard InChI is InChI=1S/C48H29NS3/c1-4-21-42-36(13-1)38-18-8-16-34(47(38)51-42)30-25-27-32(28-26-30)49(41-20-10-24-45-46(41)40-15-3-6-23-44(40)50-45)33-12-7-11-31(29-33)35-17-9-19-39-37-14-2-5-22-43(37)52-48(35)39/h1-29H. The Morgan fingerprint density at radius 2 is 0.846 bits per heavy atom. The van der Waals surface area contributed by atoms with Gasteiger partial charge in [-0.05, 0) is 76.9 Å². The minimum Gasteiger partial charge on any atom is -0.310 e. The van der Waals surface area contributed by atoms with E-state index in [0.717, 1.165) is 11.4 Å². The van der Waals surface area contributed by atoms with E-state index in [4.69, 9.17) is 0 Å². The molecule has 0 unspecified atom stereocenters. The van der Waals surface area contributed by atoms with E-state index in [0.29, 0.717) is 0 Å². The zero-order valence-electron chi connectivity index (χ0n) is 27.9. The minimum absolute atomic E-state index is 1.13. The van der Waals surface area contributed by atoms with Crippen molar-refractivity contribution in [3.05, 3.63) is 176 Å². The van der Waals surface area contributed by atoms with Crippen LogP contribution in [0.1, 0.15) is 0 Å². The summed E-state index contributed by atoms with van der Waals surface area (Å²) in [7, 11) is 0. The molecule has 3 heterocycles. The van der Waals surface area contributed by atoms with Gasteiger partial charge in [-0.2, -0.15) is 0 Å². The van der Waals surface area contributed by atoms with Gasteiger partial charge < -0.3 is 4.90 Å². The fourth-order valence-corrected chi connectivity index (χ4v) is 11.5. The van der Waals surface area contributed by atoms with Crippen LogP contribution in [0.4, 0.5) is 17.1 Å². The lowest BCUT2D eigenvalue weighted by Crippen LogP contribution is -2.10. The third-order valence-electron chi connectivity index (χ3n) is 10.3. The number of rotatable bonds is 5. The highest BCUT2D eigenvalue weighted by atomic mass is 32.1. The first-order chi connectivity index (χ1) is 25.8. The van der Waals surface area contributed by atoms with Crippen molar-refractivity contribution in [3.8, 4) is 22.3 Å². The fraction of sp³-hybridized carbons (Fsp3) is 0. The Morgan fingerprint density at radius 1 is 0.327 bits per heavy atom. The smallest absolute Gasteiger partial charge is 0.0554 e. The second kappa shape index (κ2) is 11.9. The number of hydrogen-bond acceptors (Lipinski definition) is 4. The molecule has 244 valence electrons. The van der Waals surface area contributed by atoms with Crippen molar-refractivity contribution >= 4 is 112 Å². The summed E-state index contributed by atoms with van der Waals surface area (Å²) in [5.41, 5.74) is 8.45. The van der Waals surface area contributed by atoms with Crippen molar-refractivity contribution in [3.63, 3.8) is 0 Å². The lowest BCUT2D eigenvalue weighted by atomic mass is 10.0. The first-order valence-electron chi connectivity index (χ1n) is 17.5. The molecule has 0 spiro atoms. The number of thiophene rings is 3. The second-order valence-electron chi connectivity index (χ2n) is 13.2. The molecule has 0 aliphatic rings. The molecule has 0 aliphatic heterocycles. The van der Waals surface area contributed by atoms with Crippen molar-refractivity contribution in [2.45, 2.75) is 0 Å². The van der Waals surface area contributed by atoms with Gasteiger partial charge in [0.2, 0.25) is 0 Å². The first-order valence-corrected chi connectivity index (χ1v) is 20.0. The van der Waals surface area contributed by atoms with E-state index in [1.54, 1.807) is 0 Å². The Labute approximate surface area is 312 Å². The highest BCUT2D eigenvalue weighted by Crippen LogP contribution is 2.47. The number of nitrogens with zero attached hydrogens (tertiary/aromatic N) is 1. The van der Waals surface area contributed by atoms with Crippen molar-refractivity contribution in [1.29, 1.82) is 0 Å². The number of benzene rings is 8. The topological polar surface area (TPSA) is 3.24 Å². The maximum Gasteiger partial charge on any atom is 0.0554 e. The zero-order chi connectivity index (χ0) is 34.2. The van der Waals surface area contributed by atoms with Crippen LogP contribution in [0.3, 0.4) is 0 Å². The number of anilines is 3. The molecule has 11 rings (SSSR count). The van der Waals surface area contributed by atoms with Crippen molar-refractivity contribution in [1.82, 2.24) is 0 Å². The van der Waals surface area contributed by atoms with Gasteiger partial charge >= 0.3 is 0 Å². The molecule has 4 heteroatoms. The first kappa shape index (κ1) is 29.9. The van der Waals surface area contributed by atoms with Gasteiger partial charge in [-0.3, -0.25) is 0 Å². The summed E-state index contributed by atoms with van der Waals surface area (Å²) in [5.74, 6) is 0. The Morgan fingerprint density at radius 3 is 1.52 bits per heavy atom. The fourth-order valence-electron chi connectivity index (χ4n) is 7.92. The summed E-state index contributed by atoms with van der Waals surface area (Å²) < 4.78 is 7.93. The molecule has 52 heavy (non-hydrogen) atoms. The molecule has 0 fully saturated rings. The Balaban J connectivity index is 1.10. The van der Waals surface area contributed by atoms with Gasteiger partial charge in [0.1, 0.15) is 0 Å². The molecule has 1 nitrogen and oxygen atoms in total. The summed E-state index contributed by atoms with van der Waals surface area (Å²) in [5, 5.41) is 7.88. The van der Waals surface area contributed by atoms with E-state index >= 15 is 0 Å². The quantitative estimate of drug-likeness (QED) is 0.171. The van der Waals surface area contributed by atoms with Crippen LogP contribution in [0.25, 0.3) is 82.8 Å². The lowest BCUT2D eigenvalue weighted by molar-refractivity contribution is 1.30. The molecule has 0 N–H and O–H groups in total. The second-order valence-corrected chi connectivity index (χ2v) is 16.4. The third-order valence-corrected chi connectivity index (χ3v) is 13.9. The zero-order valence-corrected chi connectivity index (χ0v) is 30.4. The highest BCUT2D eigenvalue weighted by Gasteiger charge is 2.20. The van der Waals surface area contributed by atoms with Gasteiger partial charge in [-0.1, -0.05) is 121 Å². The summed E-state index contributed by atoms with van der Waals surface area (Å²) in [6.07, 6.45) is 0. The van der Waals surface area contributed by atoms with E-state index < -0.39 is 0 Å². The van der Waals surface area contributed by atoms with Crippen LogP contribution < -0.4 is 4.90 Å². The number of hydrogen-bond donors (Lipinski definition) is 0. The monoisotopic (exact) mass is 715 g/mol. The van der Waals surface area contributed by atoms with Crippen LogP contribution in [0.2, 0.25) is 0 Å². The molecule has 0 bridgehead atoms. The molecular formula is C48H29NS3. The normalized spacial score (nSPS) is 11.8. The van der Waals surface area contributed by atoms with Crippen LogP contribution in [-0.4, -0.2) is 0 Å². The van der Waals surface area contributed by atoms with E-state index in [1.807, 2.05) is 34.0 Å². The Bertz CT molecular complexity index is 3140. The van der Waals surface area contributed by atoms with Crippen molar-refractivity contribution in [2.24, 2.45) is 0 Å². The minimum atomic E-state index is 1.13. The Kier molecular flexibility index (Phi) is 6.84. The van der Waals surface area contributed by atoms with Gasteiger partial charge in [0.05, 0.1) is 5.69 Å². The molecule has 0 saturated heterocycles. The maximum atomic E-state index is 2.46. The molecule has 0 radical (unpaired) electrons. The molecular weight excluding hydrogens is 687 g/mol. The van der Waals surface area contributed by atoms with Gasteiger partial charge in [0.25, 0.3) is 0 Å². The van der Waals surface area contributed by atoms with Crippen LogP contribution in [0.5, 0.6) is 0 Å². The highest BCUT2D eigenvalue weighted by molar-refractivity contribution is 7.27. The number of fused-ring (bicyclic) bond motifs is 9. The van der Waals surface area contributed by atoms with E-state index in [-0.39, 0.29) is 0 Å². The molecule has 0 saturated carbocycles. The van der Waals surface area contributed by atoms with Gasteiger partial charge in [-0.25, -0.2) is 0 Å². The van der Waals surface area contributed by atoms with Crippen molar-refractivity contribution < 1.29 is 0 Å². The SMILES string of the molecule is c1cc(-c2cccc3c2sc2ccccc23)cc(N(c2ccc(-c3cccc4c3sc3ccccc34)cc2)c2cccc3sc4ccccc4c23)c1. The molecule has 0 amide bonds. The Hall–Kier alpha value is -5.78. The maximum absolute atomic E-state index is 2.46. The van der Waals surface area contributed by atoms with Crippen LogP contribution >= 0.6 is 34.0 Å². The molecule has 8 aromatic carbocycles. The summed E-state index contributed by atoms with van der Waals surface area (Å²) in [6.45, 7) is 0. The van der Waals surface area contributed by atoms with E-state index in [1.165, 1.54) is 88.5 Å². The average molecular weight is 716 g/mol. The van der Waals surface area contributed by atoms with Crippen LogP contribution in [0.15, 0.2) is 176 Å². The summed E-state index contributed by atoms with van der Waals surface area (Å²) >= 11 is 5.63. The van der Waals surface area contributed by atoms with Crippen LogP contribution in [0, 0.1) is 0 Å². The molecule has 0 atom stereocenters. The largest absolute Gasteiger partial charge is 0.310 e. The predicted molar refractivity (Wildman–Crippen MR) is 231 cm³/mol. The van der Waals surface area contributed by atoms with Gasteiger partial charge in [0, 0.05) is 71.9 Å². The van der Waals surface area contributed by atoms with E-state index in [9.17, 15) is 0 Å². The lowest BCUT2D eigenvalue weighted by Gasteiger charge is -2.27. The predicted octanol–water partition coefficient (Wildman–Crippen LogP) is 15.6. The van der Waals surface area contributed by atoms with Crippen molar-refractivity contribution in [2.75, 3.05) is 4.90 Å². The average Bonchev–Trinajstić information content (AvgIpc) is 3.90. The summed E-state index contributed by atoms with van der Waals surface area (Å²) in [6, 6.07) is 64.8. The summed E-state index contributed by atoms with van der Waals surface area (Å²) in [4.78, 5) is 2.46.